The maximum Gasteiger partial charge on any atom is 0.404 e. The number of hydrogen-bond acceptors (Lipinski definition) is 3. The predicted molar refractivity (Wildman–Crippen MR) is 67.2 cm³/mol. The minimum Gasteiger partial charge on any atom is -0.465 e. The number of carbonyl (C=O) groups is 1. The number of amides is 1. The molecule has 5 heteroatoms. The molecule has 0 radical (unpaired) electrons. The quantitative estimate of drug-likeness (QED) is 0.679. The van der Waals surface area contributed by atoms with Gasteiger partial charge in [-0.05, 0) is 37.1 Å². The van der Waals surface area contributed by atoms with Crippen LogP contribution in [-0.2, 0) is 0 Å². The summed E-state index contributed by atoms with van der Waals surface area (Å²) < 4.78 is 0. The van der Waals surface area contributed by atoms with E-state index in [9.17, 15) is 4.79 Å². The highest BCUT2D eigenvalue weighted by molar-refractivity contribution is 5.65. The van der Waals surface area contributed by atoms with Crippen LogP contribution >= 0.6 is 0 Å². The van der Waals surface area contributed by atoms with Gasteiger partial charge >= 0.3 is 6.09 Å². The van der Waals surface area contributed by atoms with Crippen LogP contribution in [0.2, 0.25) is 0 Å². The van der Waals surface area contributed by atoms with Gasteiger partial charge in [-0.2, -0.15) is 0 Å². The number of piperidine rings is 1. The van der Waals surface area contributed by atoms with Gasteiger partial charge in [0.2, 0.25) is 0 Å². The Bertz CT molecular complexity index is 383. The van der Waals surface area contributed by atoms with E-state index in [1.165, 1.54) is 0 Å². The molecule has 0 aromatic heterocycles. The standard InChI is InChI=1S/C12H17N3O2/c13-9-1-3-11(4-2-9)15-7-5-10(6-8-15)14-12(16)17/h1-4,10,14H,5-8,13H2,(H,16,17). The first kappa shape index (κ1) is 11.6. The Morgan fingerprint density at radius 2 is 1.88 bits per heavy atom. The zero-order valence-electron chi connectivity index (χ0n) is 9.60. The van der Waals surface area contributed by atoms with Crippen LogP contribution in [0.4, 0.5) is 16.2 Å². The molecule has 1 saturated heterocycles. The molecule has 1 aliphatic rings. The van der Waals surface area contributed by atoms with Gasteiger partial charge in [-0.25, -0.2) is 4.79 Å². The van der Waals surface area contributed by atoms with E-state index in [2.05, 4.69) is 10.2 Å². The van der Waals surface area contributed by atoms with Crippen molar-refractivity contribution >= 4 is 17.5 Å². The average molecular weight is 235 g/mol. The summed E-state index contributed by atoms with van der Waals surface area (Å²) in [5.41, 5.74) is 7.55. The van der Waals surface area contributed by atoms with Crippen LogP contribution in [0.15, 0.2) is 24.3 Å². The number of anilines is 2. The van der Waals surface area contributed by atoms with Crippen molar-refractivity contribution in [3.05, 3.63) is 24.3 Å². The van der Waals surface area contributed by atoms with Crippen LogP contribution in [0.25, 0.3) is 0 Å². The van der Waals surface area contributed by atoms with E-state index < -0.39 is 6.09 Å². The van der Waals surface area contributed by atoms with E-state index in [1.807, 2.05) is 24.3 Å². The van der Waals surface area contributed by atoms with Crippen molar-refractivity contribution < 1.29 is 9.90 Å². The summed E-state index contributed by atoms with van der Waals surface area (Å²) >= 11 is 0. The van der Waals surface area contributed by atoms with Gasteiger partial charge in [-0.15, -0.1) is 0 Å². The van der Waals surface area contributed by atoms with Crippen molar-refractivity contribution in [2.24, 2.45) is 0 Å². The largest absolute Gasteiger partial charge is 0.465 e. The van der Waals surface area contributed by atoms with Crippen molar-refractivity contribution in [1.29, 1.82) is 0 Å². The fourth-order valence-corrected chi connectivity index (χ4v) is 2.14. The van der Waals surface area contributed by atoms with Gasteiger partial charge in [-0.1, -0.05) is 0 Å². The number of benzene rings is 1. The van der Waals surface area contributed by atoms with E-state index in [-0.39, 0.29) is 6.04 Å². The molecule has 1 heterocycles. The Kier molecular flexibility index (Phi) is 3.37. The zero-order chi connectivity index (χ0) is 12.3. The lowest BCUT2D eigenvalue weighted by Gasteiger charge is -2.33. The lowest BCUT2D eigenvalue weighted by atomic mass is 10.0. The molecular formula is C12H17N3O2. The molecule has 0 atom stereocenters. The molecule has 0 spiro atoms. The van der Waals surface area contributed by atoms with Crippen molar-refractivity contribution in [3.8, 4) is 0 Å². The Morgan fingerprint density at radius 3 is 2.41 bits per heavy atom. The van der Waals surface area contributed by atoms with Crippen LogP contribution in [0, 0.1) is 0 Å². The first-order valence-corrected chi connectivity index (χ1v) is 5.75. The number of carboxylic acid groups (broad SMARTS) is 1. The minimum absolute atomic E-state index is 0.0810. The summed E-state index contributed by atoms with van der Waals surface area (Å²) in [4.78, 5) is 12.8. The van der Waals surface area contributed by atoms with E-state index in [4.69, 9.17) is 10.8 Å². The van der Waals surface area contributed by atoms with E-state index >= 15 is 0 Å². The molecule has 0 aliphatic carbocycles. The van der Waals surface area contributed by atoms with Gasteiger partial charge in [0.25, 0.3) is 0 Å². The fraction of sp³-hybridized carbons (Fsp3) is 0.417. The van der Waals surface area contributed by atoms with Crippen LogP contribution in [0.3, 0.4) is 0 Å². The second-order valence-electron chi connectivity index (χ2n) is 4.30. The lowest BCUT2D eigenvalue weighted by molar-refractivity contribution is 0.187. The van der Waals surface area contributed by atoms with Crippen LogP contribution < -0.4 is 16.0 Å². The number of rotatable bonds is 2. The first-order valence-electron chi connectivity index (χ1n) is 5.75. The van der Waals surface area contributed by atoms with Gasteiger partial charge in [0.05, 0.1) is 0 Å². The Labute approximate surface area is 100 Å². The van der Waals surface area contributed by atoms with Crippen LogP contribution in [0.1, 0.15) is 12.8 Å². The highest BCUT2D eigenvalue weighted by atomic mass is 16.4. The molecule has 1 aromatic carbocycles. The van der Waals surface area contributed by atoms with Crippen molar-refractivity contribution in [3.63, 3.8) is 0 Å². The summed E-state index contributed by atoms with van der Waals surface area (Å²) in [5, 5.41) is 11.2. The molecule has 1 aromatic rings. The molecule has 5 nitrogen and oxygen atoms in total. The Morgan fingerprint density at radius 1 is 1.29 bits per heavy atom. The average Bonchev–Trinajstić information content (AvgIpc) is 2.30. The number of nitrogens with zero attached hydrogens (tertiary/aromatic N) is 1. The number of hydrogen-bond donors (Lipinski definition) is 3. The van der Waals surface area contributed by atoms with Crippen molar-refractivity contribution in [2.45, 2.75) is 18.9 Å². The lowest BCUT2D eigenvalue weighted by Crippen LogP contribution is -2.44. The topological polar surface area (TPSA) is 78.6 Å². The molecular weight excluding hydrogens is 218 g/mol. The van der Waals surface area contributed by atoms with Gasteiger partial charge in [0.1, 0.15) is 0 Å². The Hall–Kier alpha value is -1.91. The summed E-state index contributed by atoms with van der Waals surface area (Å²) in [6.07, 6.45) is 0.754. The fourth-order valence-electron chi connectivity index (χ4n) is 2.14. The van der Waals surface area contributed by atoms with E-state index in [0.717, 1.165) is 37.3 Å². The van der Waals surface area contributed by atoms with Gasteiger partial charge in [0, 0.05) is 30.5 Å². The molecule has 4 N–H and O–H groups in total. The zero-order valence-corrected chi connectivity index (χ0v) is 9.60. The summed E-state index contributed by atoms with van der Waals surface area (Å²) in [5.74, 6) is 0. The molecule has 2 rings (SSSR count). The third kappa shape index (κ3) is 3.03. The van der Waals surface area contributed by atoms with Crippen molar-refractivity contribution in [1.82, 2.24) is 5.32 Å². The third-order valence-electron chi connectivity index (χ3n) is 3.08. The SMILES string of the molecule is Nc1ccc(N2CCC(NC(=O)O)CC2)cc1. The number of nitrogens with two attached hydrogens (primary N) is 1. The van der Waals surface area contributed by atoms with Gasteiger partial charge < -0.3 is 21.1 Å². The van der Waals surface area contributed by atoms with Crippen molar-refractivity contribution in [2.75, 3.05) is 23.7 Å². The molecule has 1 aliphatic heterocycles. The number of nitrogen functional groups attached to an aromatic ring is 1. The second-order valence-corrected chi connectivity index (χ2v) is 4.30. The maximum absolute atomic E-state index is 10.5. The first-order chi connectivity index (χ1) is 8.15. The summed E-state index contributed by atoms with van der Waals surface area (Å²) in [6.45, 7) is 1.74. The second kappa shape index (κ2) is 4.95. The highest BCUT2D eigenvalue weighted by Crippen LogP contribution is 2.20. The smallest absolute Gasteiger partial charge is 0.404 e. The predicted octanol–water partition coefficient (Wildman–Crippen LogP) is 1.51. The maximum atomic E-state index is 10.5. The van der Waals surface area contributed by atoms with E-state index in [1.54, 1.807) is 0 Å². The number of nitrogens with one attached hydrogen (secondary N) is 1. The van der Waals surface area contributed by atoms with E-state index in [0.29, 0.717) is 0 Å². The molecule has 0 bridgehead atoms. The molecule has 1 fully saturated rings. The summed E-state index contributed by atoms with van der Waals surface area (Å²) in [7, 11) is 0. The van der Waals surface area contributed by atoms with Crippen LogP contribution in [0.5, 0.6) is 0 Å². The molecule has 17 heavy (non-hydrogen) atoms. The molecule has 0 unspecified atom stereocenters. The molecule has 92 valence electrons. The minimum atomic E-state index is -0.934. The molecule has 0 saturated carbocycles. The monoisotopic (exact) mass is 235 g/mol. The summed E-state index contributed by atoms with van der Waals surface area (Å²) in [6, 6.07) is 7.85. The Balaban J connectivity index is 1.90. The van der Waals surface area contributed by atoms with Gasteiger partial charge in [-0.3, -0.25) is 0 Å². The van der Waals surface area contributed by atoms with Crippen LogP contribution in [-0.4, -0.2) is 30.3 Å². The highest BCUT2D eigenvalue weighted by Gasteiger charge is 2.20. The van der Waals surface area contributed by atoms with Gasteiger partial charge in [0.15, 0.2) is 0 Å². The normalized spacial score (nSPS) is 16.8. The molecule has 1 amide bonds. The third-order valence-corrected chi connectivity index (χ3v) is 3.08.